The highest BCUT2D eigenvalue weighted by atomic mass is 15.0. The van der Waals surface area contributed by atoms with Gasteiger partial charge in [0.1, 0.15) is 0 Å². The fraction of sp³-hybridized carbons (Fsp3) is 0.227. The van der Waals surface area contributed by atoms with Gasteiger partial charge in [-0.3, -0.25) is 0 Å². The van der Waals surface area contributed by atoms with Crippen molar-refractivity contribution in [2.24, 2.45) is 17.8 Å². The van der Waals surface area contributed by atoms with Crippen LogP contribution in [0.3, 0.4) is 0 Å². The molecule has 4 aliphatic rings. The Hall–Kier alpha value is -5.40. The molecule has 1 heterocycles. The zero-order valence-electron chi connectivity index (χ0n) is 26.9. The van der Waals surface area contributed by atoms with Crippen molar-refractivity contribution in [1.29, 1.82) is 5.26 Å². The van der Waals surface area contributed by atoms with E-state index >= 15 is 0 Å². The van der Waals surface area contributed by atoms with Crippen molar-refractivity contribution >= 4 is 0 Å². The number of rotatable bonds is 6. The van der Waals surface area contributed by atoms with E-state index in [1.54, 1.807) is 0 Å². The summed E-state index contributed by atoms with van der Waals surface area (Å²) >= 11 is 0. The van der Waals surface area contributed by atoms with Gasteiger partial charge in [-0.05, 0) is 120 Å². The molecule has 4 bridgehead atoms. The minimum Gasteiger partial charge on any atom is -0.208 e. The minimum absolute atomic E-state index is 0.351. The van der Waals surface area contributed by atoms with Crippen molar-refractivity contribution in [2.75, 3.05) is 0 Å². The monoisotopic (exact) mass is 620 g/mol. The summed E-state index contributed by atoms with van der Waals surface area (Å²) in [5.74, 6) is 4.69. The van der Waals surface area contributed by atoms with Crippen molar-refractivity contribution in [1.82, 2.24) is 15.0 Å². The van der Waals surface area contributed by atoms with E-state index in [9.17, 15) is 5.26 Å². The maximum absolute atomic E-state index is 9.62. The third-order valence-corrected chi connectivity index (χ3v) is 11.1. The molecule has 0 unspecified atom stereocenters. The van der Waals surface area contributed by atoms with Gasteiger partial charge in [0.05, 0.1) is 11.6 Å². The van der Waals surface area contributed by atoms with E-state index in [0.29, 0.717) is 28.5 Å². The van der Waals surface area contributed by atoms with E-state index in [-0.39, 0.29) is 0 Å². The van der Waals surface area contributed by atoms with Gasteiger partial charge in [-0.15, -0.1) is 0 Å². The fourth-order valence-corrected chi connectivity index (χ4v) is 9.28. The molecule has 0 aliphatic heterocycles. The summed E-state index contributed by atoms with van der Waals surface area (Å²) < 4.78 is 0. The maximum atomic E-state index is 9.62. The molecule has 4 saturated carbocycles. The van der Waals surface area contributed by atoms with Crippen LogP contribution < -0.4 is 0 Å². The molecule has 10 rings (SSSR count). The predicted molar refractivity (Wildman–Crippen MR) is 192 cm³/mol. The van der Waals surface area contributed by atoms with Crippen LogP contribution in [0.4, 0.5) is 0 Å². The summed E-state index contributed by atoms with van der Waals surface area (Å²) in [6, 6.07) is 46.3. The second kappa shape index (κ2) is 11.7. The lowest BCUT2D eigenvalue weighted by Crippen LogP contribution is -2.48. The molecule has 0 N–H and O–H groups in total. The van der Waals surface area contributed by atoms with Gasteiger partial charge in [0, 0.05) is 16.7 Å². The van der Waals surface area contributed by atoms with Crippen LogP contribution in [-0.2, 0) is 5.41 Å². The fourth-order valence-electron chi connectivity index (χ4n) is 9.28. The van der Waals surface area contributed by atoms with E-state index < -0.39 is 0 Å². The molecule has 1 aromatic heterocycles. The van der Waals surface area contributed by atoms with Crippen LogP contribution in [-0.4, -0.2) is 15.0 Å². The Morgan fingerprint density at radius 3 is 1.52 bits per heavy atom. The summed E-state index contributed by atoms with van der Waals surface area (Å²) in [4.78, 5) is 15.3. The van der Waals surface area contributed by atoms with Crippen LogP contribution in [0.1, 0.15) is 49.7 Å². The lowest BCUT2D eigenvalue weighted by Gasteiger charge is -2.57. The van der Waals surface area contributed by atoms with Crippen molar-refractivity contribution < 1.29 is 0 Å². The average molecular weight is 621 g/mol. The Balaban J connectivity index is 1.17. The quantitative estimate of drug-likeness (QED) is 0.186. The zero-order chi connectivity index (χ0) is 32.1. The number of hydrogen-bond acceptors (Lipinski definition) is 4. The van der Waals surface area contributed by atoms with Gasteiger partial charge in [-0.2, -0.15) is 5.26 Å². The molecule has 4 aliphatic carbocycles. The highest BCUT2D eigenvalue weighted by Gasteiger charge is 2.51. The van der Waals surface area contributed by atoms with Gasteiger partial charge in [0.25, 0.3) is 0 Å². The molecule has 5 aromatic carbocycles. The van der Waals surface area contributed by atoms with E-state index in [1.807, 2.05) is 48.5 Å². The van der Waals surface area contributed by atoms with E-state index in [1.165, 1.54) is 44.1 Å². The molecule has 0 radical (unpaired) electrons. The van der Waals surface area contributed by atoms with Crippen molar-refractivity contribution in [3.63, 3.8) is 0 Å². The van der Waals surface area contributed by atoms with Gasteiger partial charge in [-0.1, -0.05) is 97.1 Å². The van der Waals surface area contributed by atoms with Gasteiger partial charge in [0.2, 0.25) is 0 Å². The number of aromatic nitrogens is 3. The van der Waals surface area contributed by atoms with Crippen LogP contribution >= 0.6 is 0 Å². The van der Waals surface area contributed by atoms with Gasteiger partial charge < -0.3 is 0 Å². The molecule has 4 heteroatoms. The first-order valence-corrected chi connectivity index (χ1v) is 17.2. The first-order valence-electron chi connectivity index (χ1n) is 17.2. The first kappa shape index (κ1) is 28.8. The van der Waals surface area contributed by atoms with Crippen LogP contribution in [0.15, 0.2) is 127 Å². The minimum atomic E-state index is 0.351. The Labute approximate surface area is 282 Å². The van der Waals surface area contributed by atoms with Crippen LogP contribution in [0.2, 0.25) is 0 Å². The SMILES string of the molecule is N#Cc1cccc(-c2cc(-c3ccccc3)cc(-c3nc(-c4ccccc4)nc(-c4ccc(C56CC7C[C@H](C5)C[C@@H](C7)C6)cc4)n3)c2)c1. The Morgan fingerprint density at radius 2 is 0.938 bits per heavy atom. The average Bonchev–Trinajstić information content (AvgIpc) is 3.15. The van der Waals surface area contributed by atoms with Crippen molar-refractivity contribution in [3.8, 4) is 62.5 Å². The Bertz CT molecular complexity index is 2130. The molecule has 0 atom stereocenters. The molecule has 6 aromatic rings. The number of nitriles is 1. The first-order chi connectivity index (χ1) is 23.6. The summed E-state index contributed by atoms with van der Waals surface area (Å²) in [7, 11) is 0. The van der Waals surface area contributed by atoms with Gasteiger partial charge >= 0.3 is 0 Å². The number of hydrogen-bond donors (Lipinski definition) is 0. The highest BCUT2D eigenvalue weighted by Crippen LogP contribution is 2.60. The summed E-state index contributed by atoms with van der Waals surface area (Å²) in [6.07, 6.45) is 8.40. The maximum Gasteiger partial charge on any atom is 0.164 e. The van der Waals surface area contributed by atoms with E-state index in [2.05, 4.69) is 84.9 Å². The lowest BCUT2D eigenvalue weighted by molar-refractivity contribution is -0.00518. The third kappa shape index (κ3) is 5.30. The second-order valence-electron chi connectivity index (χ2n) is 14.3. The largest absolute Gasteiger partial charge is 0.208 e. The van der Waals surface area contributed by atoms with Crippen LogP contribution in [0, 0.1) is 29.1 Å². The normalized spacial score (nSPS) is 22.4. The molecule has 4 nitrogen and oxygen atoms in total. The molecular weight excluding hydrogens is 585 g/mol. The van der Waals surface area contributed by atoms with Crippen molar-refractivity contribution in [2.45, 2.75) is 43.9 Å². The van der Waals surface area contributed by atoms with E-state index in [4.69, 9.17) is 15.0 Å². The van der Waals surface area contributed by atoms with E-state index in [0.717, 1.165) is 56.7 Å². The standard InChI is InChI=1S/C44H36N4/c45-28-29-8-7-13-36(21-29)38-22-37(33-9-3-1-4-10-33)23-39(24-38)43-47-41(34-11-5-2-6-12-34)46-42(48-43)35-14-16-40(17-15-35)44-25-30-18-31(26-44)20-32(19-30)27-44/h1-17,21-24,30-32H,18-20,25-27H2/t30-,31+,32?,44?. The topological polar surface area (TPSA) is 62.5 Å². The molecule has 0 amide bonds. The van der Waals surface area contributed by atoms with Crippen LogP contribution in [0.5, 0.6) is 0 Å². The lowest BCUT2D eigenvalue weighted by atomic mass is 9.48. The molecule has 0 spiro atoms. The molecule has 0 saturated heterocycles. The highest BCUT2D eigenvalue weighted by molar-refractivity contribution is 5.80. The summed E-state index contributed by atoms with van der Waals surface area (Å²) in [6.45, 7) is 0. The Morgan fingerprint density at radius 1 is 0.458 bits per heavy atom. The van der Waals surface area contributed by atoms with Crippen LogP contribution in [0.25, 0.3) is 56.4 Å². The second-order valence-corrected chi connectivity index (χ2v) is 14.3. The molecule has 4 fully saturated rings. The summed E-state index contributed by atoms with van der Waals surface area (Å²) in [5.41, 5.74) is 9.50. The predicted octanol–water partition coefficient (Wildman–Crippen LogP) is 10.5. The van der Waals surface area contributed by atoms with Gasteiger partial charge in [0.15, 0.2) is 17.5 Å². The summed E-state index contributed by atoms with van der Waals surface area (Å²) in [5, 5.41) is 9.62. The molecule has 232 valence electrons. The van der Waals surface area contributed by atoms with Crippen molar-refractivity contribution in [3.05, 3.63) is 139 Å². The molecule has 48 heavy (non-hydrogen) atoms. The smallest absolute Gasteiger partial charge is 0.164 e. The third-order valence-electron chi connectivity index (χ3n) is 11.1. The van der Waals surface area contributed by atoms with Gasteiger partial charge in [-0.25, -0.2) is 15.0 Å². The number of benzene rings is 5. The molecular formula is C44H36N4. The number of nitrogens with zero attached hydrogens (tertiary/aromatic N) is 4. The Kier molecular flexibility index (Phi) is 7.01. The zero-order valence-corrected chi connectivity index (χ0v) is 26.9.